The van der Waals surface area contributed by atoms with Crippen LogP contribution in [0.2, 0.25) is 0 Å². The summed E-state index contributed by atoms with van der Waals surface area (Å²) in [5.74, 6) is 1.06. The quantitative estimate of drug-likeness (QED) is 0.187. The highest BCUT2D eigenvalue weighted by Gasteiger charge is 2.38. The molecule has 32 heavy (non-hydrogen) atoms. The highest BCUT2D eigenvalue weighted by atomic mass is 32.2. The topological polar surface area (TPSA) is 94.4 Å². The third-order valence-corrected chi connectivity index (χ3v) is 6.36. The molecule has 0 aliphatic carbocycles. The number of amides is 1. The molecular formula is C22H35N3O6S. The summed E-state index contributed by atoms with van der Waals surface area (Å²) in [5, 5.41) is 11.8. The number of ether oxygens (including phenoxy) is 3. The van der Waals surface area contributed by atoms with Gasteiger partial charge in [-0.15, -0.1) is 11.8 Å². The summed E-state index contributed by atoms with van der Waals surface area (Å²) >= 11 is 1.65. The zero-order chi connectivity index (χ0) is 23.7. The van der Waals surface area contributed by atoms with Crippen molar-refractivity contribution in [2.24, 2.45) is 0 Å². The summed E-state index contributed by atoms with van der Waals surface area (Å²) < 4.78 is 17.0. The number of likely N-dealkylation sites (tertiary alicyclic amines) is 1. The van der Waals surface area contributed by atoms with Gasteiger partial charge in [0.2, 0.25) is 0 Å². The average Bonchev–Trinajstić information content (AvgIpc) is 3.25. The molecule has 1 amide bonds. The van der Waals surface area contributed by atoms with E-state index >= 15 is 0 Å². The van der Waals surface area contributed by atoms with Gasteiger partial charge in [0.25, 0.3) is 11.6 Å². The first-order chi connectivity index (χ1) is 15.3. The lowest BCUT2D eigenvalue weighted by Gasteiger charge is -2.31. The molecule has 0 saturated carbocycles. The van der Waals surface area contributed by atoms with Crippen LogP contribution in [0.15, 0.2) is 12.1 Å². The van der Waals surface area contributed by atoms with E-state index in [1.54, 1.807) is 16.7 Å². The van der Waals surface area contributed by atoms with Gasteiger partial charge in [-0.2, -0.15) is 0 Å². The fraction of sp³-hybridized carbons (Fsp3) is 0.682. The molecule has 1 saturated heterocycles. The minimum Gasteiger partial charge on any atom is -0.493 e. The maximum absolute atomic E-state index is 13.5. The van der Waals surface area contributed by atoms with E-state index in [-0.39, 0.29) is 34.4 Å². The fourth-order valence-electron chi connectivity index (χ4n) is 3.79. The van der Waals surface area contributed by atoms with Gasteiger partial charge in [0.15, 0.2) is 11.5 Å². The Balaban J connectivity index is 2.32. The third-order valence-electron chi connectivity index (χ3n) is 5.25. The van der Waals surface area contributed by atoms with Gasteiger partial charge in [-0.05, 0) is 46.0 Å². The first kappa shape index (κ1) is 26.2. The van der Waals surface area contributed by atoms with Gasteiger partial charge >= 0.3 is 0 Å². The van der Waals surface area contributed by atoms with Crippen molar-refractivity contribution < 1.29 is 23.9 Å². The van der Waals surface area contributed by atoms with E-state index in [0.717, 1.165) is 31.6 Å². The Morgan fingerprint density at radius 2 is 2.09 bits per heavy atom. The minimum absolute atomic E-state index is 0.0103. The summed E-state index contributed by atoms with van der Waals surface area (Å²) in [5.41, 5.74) is -0.423. The summed E-state index contributed by atoms with van der Waals surface area (Å²) in [7, 11) is 5.39. The third kappa shape index (κ3) is 6.73. The first-order valence-electron chi connectivity index (χ1n) is 11.0. The number of thioether (sulfide) groups is 1. The molecule has 1 aliphatic rings. The standard InChI is InChI=1S/C22H35N3O6S/c1-6-30-22(32-7-2)17-10-8-12-24(17)21(26)16-14-19(29-5)20(15-18(16)25(27)28)31-13-9-11-23(3)4/h14-15,17,22H,6-13H2,1-5H3/t17-,22?/m0/s1. The van der Waals surface area contributed by atoms with Crippen LogP contribution < -0.4 is 9.47 Å². The van der Waals surface area contributed by atoms with Crippen molar-refractivity contribution in [3.05, 3.63) is 27.8 Å². The Labute approximate surface area is 194 Å². The second kappa shape index (κ2) is 12.9. The minimum atomic E-state index is -0.536. The Bertz CT molecular complexity index is 770. The average molecular weight is 470 g/mol. The molecule has 10 heteroatoms. The van der Waals surface area contributed by atoms with Gasteiger partial charge in [-0.25, -0.2) is 0 Å². The number of hydrogen-bond acceptors (Lipinski definition) is 8. The Morgan fingerprint density at radius 1 is 1.34 bits per heavy atom. The number of hydrogen-bond donors (Lipinski definition) is 0. The molecule has 0 radical (unpaired) electrons. The van der Waals surface area contributed by atoms with Crippen LogP contribution >= 0.6 is 11.8 Å². The molecule has 0 N–H and O–H groups in total. The molecule has 2 atom stereocenters. The lowest BCUT2D eigenvalue weighted by Crippen LogP contribution is -2.43. The van der Waals surface area contributed by atoms with E-state index in [4.69, 9.17) is 14.2 Å². The van der Waals surface area contributed by atoms with Crippen LogP contribution in [0.25, 0.3) is 0 Å². The monoisotopic (exact) mass is 469 g/mol. The van der Waals surface area contributed by atoms with Gasteiger partial charge in [-0.1, -0.05) is 6.92 Å². The predicted octanol–water partition coefficient (Wildman–Crippen LogP) is 3.65. The number of carbonyl (C=O) groups excluding carboxylic acids is 1. The Kier molecular flexibility index (Phi) is 10.5. The van der Waals surface area contributed by atoms with Crippen molar-refractivity contribution in [1.82, 2.24) is 9.80 Å². The van der Waals surface area contributed by atoms with E-state index in [9.17, 15) is 14.9 Å². The van der Waals surface area contributed by atoms with Crippen LogP contribution in [0, 0.1) is 10.1 Å². The molecule has 2 rings (SSSR count). The second-order valence-electron chi connectivity index (χ2n) is 7.77. The normalized spacial score (nSPS) is 16.9. The van der Waals surface area contributed by atoms with Gasteiger partial charge in [-0.3, -0.25) is 14.9 Å². The summed E-state index contributed by atoms with van der Waals surface area (Å²) in [6, 6.07) is 2.60. The van der Waals surface area contributed by atoms with E-state index in [2.05, 4.69) is 0 Å². The van der Waals surface area contributed by atoms with Crippen LogP contribution in [0.5, 0.6) is 11.5 Å². The van der Waals surface area contributed by atoms with Gasteiger partial charge in [0.1, 0.15) is 11.0 Å². The number of nitrogens with zero attached hydrogens (tertiary/aromatic N) is 3. The predicted molar refractivity (Wildman–Crippen MR) is 126 cm³/mol. The number of nitro benzene ring substituents is 1. The van der Waals surface area contributed by atoms with E-state index < -0.39 is 4.92 Å². The Morgan fingerprint density at radius 3 is 2.69 bits per heavy atom. The highest BCUT2D eigenvalue weighted by molar-refractivity contribution is 7.99. The van der Waals surface area contributed by atoms with Gasteiger partial charge < -0.3 is 24.0 Å². The molecule has 9 nitrogen and oxygen atoms in total. The van der Waals surface area contributed by atoms with E-state index in [1.165, 1.54) is 19.2 Å². The van der Waals surface area contributed by atoms with Crippen molar-refractivity contribution in [3.8, 4) is 11.5 Å². The number of carbonyl (C=O) groups is 1. The Hall–Kier alpha value is -2.04. The molecule has 180 valence electrons. The molecule has 0 spiro atoms. The smallest absolute Gasteiger partial charge is 0.286 e. The van der Waals surface area contributed by atoms with Crippen LogP contribution in [0.3, 0.4) is 0 Å². The van der Waals surface area contributed by atoms with Crippen molar-refractivity contribution in [1.29, 1.82) is 0 Å². The maximum atomic E-state index is 13.5. The lowest BCUT2D eigenvalue weighted by atomic mass is 10.1. The molecule has 1 aromatic carbocycles. The zero-order valence-corrected chi connectivity index (χ0v) is 20.5. The second-order valence-corrected chi connectivity index (χ2v) is 9.15. The number of methoxy groups -OCH3 is 1. The molecule has 0 aromatic heterocycles. The molecule has 1 unspecified atom stereocenters. The number of rotatable bonds is 13. The first-order valence-corrected chi connectivity index (χ1v) is 12.1. The summed E-state index contributed by atoms with van der Waals surface area (Å²) in [4.78, 5) is 28.5. The van der Waals surface area contributed by atoms with Crippen LogP contribution in [0.1, 0.15) is 43.5 Å². The molecule has 1 aliphatic heterocycles. The van der Waals surface area contributed by atoms with Crippen LogP contribution in [-0.2, 0) is 4.74 Å². The molecule has 1 fully saturated rings. The van der Waals surface area contributed by atoms with E-state index in [0.29, 0.717) is 25.5 Å². The molecule has 0 bridgehead atoms. The lowest BCUT2D eigenvalue weighted by molar-refractivity contribution is -0.385. The summed E-state index contributed by atoms with van der Waals surface area (Å²) in [6.07, 6.45) is 2.40. The van der Waals surface area contributed by atoms with Crippen molar-refractivity contribution in [2.75, 3.05) is 53.3 Å². The van der Waals surface area contributed by atoms with Gasteiger partial charge in [0.05, 0.1) is 30.7 Å². The fourth-order valence-corrected chi connectivity index (χ4v) is 4.85. The van der Waals surface area contributed by atoms with Crippen LogP contribution in [-0.4, -0.2) is 85.4 Å². The van der Waals surface area contributed by atoms with Crippen molar-refractivity contribution in [2.45, 2.75) is 44.6 Å². The molecule has 1 aromatic rings. The number of benzene rings is 1. The largest absolute Gasteiger partial charge is 0.493 e. The van der Waals surface area contributed by atoms with E-state index in [1.807, 2.05) is 32.8 Å². The summed E-state index contributed by atoms with van der Waals surface area (Å²) in [6.45, 7) is 6.28. The SMILES string of the molecule is CCOC(SCC)[C@@H]1CCCN1C(=O)c1cc(OC)c(OCCCN(C)C)cc1[N+](=O)[O-]. The van der Waals surface area contributed by atoms with Crippen molar-refractivity contribution >= 4 is 23.4 Å². The van der Waals surface area contributed by atoms with Crippen LogP contribution in [0.4, 0.5) is 5.69 Å². The zero-order valence-electron chi connectivity index (χ0n) is 19.7. The van der Waals surface area contributed by atoms with Crippen molar-refractivity contribution in [3.63, 3.8) is 0 Å². The highest BCUT2D eigenvalue weighted by Crippen LogP contribution is 2.37. The molecule has 1 heterocycles. The maximum Gasteiger partial charge on any atom is 0.286 e. The van der Waals surface area contributed by atoms with Gasteiger partial charge in [0, 0.05) is 25.8 Å². The molecular weight excluding hydrogens is 434 g/mol. The number of nitro groups is 1.